The summed E-state index contributed by atoms with van der Waals surface area (Å²) in [4.78, 5) is 15.1. The van der Waals surface area contributed by atoms with Gasteiger partial charge in [-0.2, -0.15) is 0 Å². The summed E-state index contributed by atoms with van der Waals surface area (Å²) in [5, 5.41) is 0. The van der Waals surface area contributed by atoms with Crippen molar-refractivity contribution in [3.8, 4) is 11.5 Å². The minimum Gasteiger partial charge on any atom is -0.493 e. The fourth-order valence-corrected chi connectivity index (χ4v) is 3.36. The molecule has 0 N–H and O–H groups in total. The first kappa shape index (κ1) is 19.5. The molecule has 0 unspecified atom stereocenters. The van der Waals surface area contributed by atoms with E-state index in [0.29, 0.717) is 27.1 Å². The molecule has 0 saturated heterocycles. The Morgan fingerprint density at radius 2 is 1.56 bits per heavy atom. The fraction of sp³-hybridized carbons (Fsp3) is 0.211. The van der Waals surface area contributed by atoms with Crippen molar-refractivity contribution >= 4 is 43.2 Å². The standard InChI is InChI=1S/C19H19Br2NO3/c1-22(2)11-14(12-7-5-6-8-15(12)20)19(23)13-9-17(24-3)18(25-4)10-16(13)21/h5-11H,1-4H3/b14-11+. The highest BCUT2D eigenvalue weighted by molar-refractivity contribution is 9.10. The molecular weight excluding hydrogens is 450 g/mol. The Kier molecular flexibility index (Phi) is 6.67. The van der Waals surface area contributed by atoms with Gasteiger partial charge in [-0.1, -0.05) is 34.1 Å². The molecule has 0 aliphatic rings. The van der Waals surface area contributed by atoms with Crippen molar-refractivity contribution in [1.82, 2.24) is 4.90 Å². The maximum atomic E-state index is 13.3. The van der Waals surface area contributed by atoms with Crippen LogP contribution < -0.4 is 9.47 Å². The number of carbonyl (C=O) groups excluding carboxylic acids is 1. The Balaban J connectivity index is 2.61. The van der Waals surface area contributed by atoms with E-state index in [1.165, 1.54) is 0 Å². The minimum absolute atomic E-state index is 0.117. The van der Waals surface area contributed by atoms with E-state index in [1.807, 2.05) is 49.5 Å². The normalized spacial score (nSPS) is 11.2. The molecule has 4 nitrogen and oxygen atoms in total. The van der Waals surface area contributed by atoms with Crippen molar-refractivity contribution in [2.75, 3.05) is 28.3 Å². The number of methoxy groups -OCH3 is 2. The highest BCUT2D eigenvalue weighted by atomic mass is 79.9. The Hall–Kier alpha value is -1.79. The number of carbonyl (C=O) groups is 1. The van der Waals surface area contributed by atoms with E-state index in [2.05, 4.69) is 31.9 Å². The van der Waals surface area contributed by atoms with Gasteiger partial charge in [0.2, 0.25) is 0 Å². The molecule has 0 saturated carbocycles. The summed E-state index contributed by atoms with van der Waals surface area (Å²) in [5.74, 6) is 0.948. The Morgan fingerprint density at radius 3 is 2.12 bits per heavy atom. The van der Waals surface area contributed by atoms with Gasteiger partial charge in [-0.3, -0.25) is 4.79 Å². The van der Waals surface area contributed by atoms with Crippen LogP contribution in [0.1, 0.15) is 15.9 Å². The average Bonchev–Trinajstić information content (AvgIpc) is 2.59. The smallest absolute Gasteiger partial charge is 0.196 e. The van der Waals surface area contributed by atoms with Crippen LogP contribution in [-0.2, 0) is 0 Å². The van der Waals surface area contributed by atoms with Crippen LogP contribution in [0.25, 0.3) is 5.57 Å². The van der Waals surface area contributed by atoms with Crippen LogP contribution in [0.3, 0.4) is 0 Å². The zero-order chi connectivity index (χ0) is 18.6. The number of allylic oxidation sites excluding steroid dienone is 1. The Labute approximate surface area is 164 Å². The molecule has 0 aliphatic carbocycles. The van der Waals surface area contributed by atoms with E-state index >= 15 is 0 Å². The number of halogens is 2. The first-order valence-corrected chi connectivity index (χ1v) is 9.07. The number of hydrogen-bond donors (Lipinski definition) is 0. The van der Waals surface area contributed by atoms with E-state index < -0.39 is 0 Å². The van der Waals surface area contributed by atoms with Gasteiger partial charge in [0.15, 0.2) is 17.3 Å². The van der Waals surface area contributed by atoms with E-state index in [1.54, 1.807) is 26.4 Å². The number of nitrogens with zero attached hydrogens (tertiary/aromatic N) is 1. The molecule has 2 aromatic rings. The largest absolute Gasteiger partial charge is 0.493 e. The van der Waals surface area contributed by atoms with Crippen molar-refractivity contribution in [1.29, 1.82) is 0 Å². The molecule has 0 aliphatic heterocycles. The summed E-state index contributed by atoms with van der Waals surface area (Å²) in [7, 11) is 6.87. The Bertz CT molecular complexity index is 816. The van der Waals surface area contributed by atoms with Gasteiger partial charge >= 0.3 is 0 Å². The van der Waals surface area contributed by atoms with Crippen LogP contribution in [0.15, 0.2) is 51.5 Å². The van der Waals surface area contributed by atoms with Crippen LogP contribution >= 0.6 is 31.9 Å². The van der Waals surface area contributed by atoms with E-state index in [9.17, 15) is 4.79 Å². The van der Waals surface area contributed by atoms with Crippen LogP contribution in [0.5, 0.6) is 11.5 Å². The summed E-state index contributed by atoms with van der Waals surface area (Å²) < 4.78 is 12.1. The molecule has 6 heteroatoms. The second-order valence-corrected chi connectivity index (χ2v) is 7.21. The van der Waals surface area contributed by atoms with E-state index in [4.69, 9.17) is 9.47 Å². The topological polar surface area (TPSA) is 38.8 Å². The molecule has 2 aromatic carbocycles. The molecule has 0 amide bonds. The third-order valence-electron chi connectivity index (χ3n) is 3.51. The van der Waals surface area contributed by atoms with Gasteiger partial charge in [0.1, 0.15) is 0 Å². The fourth-order valence-electron chi connectivity index (χ4n) is 2.36. The monoisotopic (exact) mass is 467 g/mol. The van der Waals surface area contributed by atoms with Crippen molar-refractivity contribution in [2.24, 2.45) is 0 Å². The number of benzene rings is 2. The second kappa shape index (κ2) is 8.54. The quantitative estimate of drug-likeness (QED) is 0.441. The maximum absolute atomic E-state index is 13.3. The van der Waals surface area contributed by atoms with Crippen molar-refractivity contribution in [3.05, 3.63) is 62.7 Å². The lowest BCUT2D eigenvalue weighted by Gasteiger charge is -2.16. The average molecular weight is 469 g/mol. The van der Waals surface area contributed by atoms with Crippen LogP contribution in [0.4, 0.5) is 0 Å². The van der Waals surface area contributed by atoms with Gasteiger partial charge in [-0.25, -0.2) is 0 Å². The lowest BCUT2D eigenvalue weighted by Crippen LogP contribution is -2.10. The molecule has 25 heavy (non-hydrogen) atoms. The number of hydrogen-bond acceptors (Lipinski definition) is 4. The van der Waals surface area contributed by atoms with Crippen molar-refractivity contribution in [3.63, 3.8) is 0 Å². The summed E-state index contributed by atoms with van der Waals surface area (Å²) in [6.45, 7) is 0. The van der Waals surface area contributed by atoms with Gasteiger partial charge in [0.05, 0.1) is 14.2 Å². The second-order valence-electron chi connectivity index (χ2n) is 5.50. The van der Waals surface area contributed by atoms with E-state index in [0.717, 1.165) is 10.0 Å². The molecule has 0 atom stereocenters. The number of ketones is 1. The molecule has 132 valence electrons. The predicted molar refractivity (Wildman–Crippen MR) is 107 cm³/mol. The molecule has 0 fully saturated rings. The molecular formula is C19H19Br2NO3. The van der Waals surface area contributed by atoms with Crippen LogP contribution in [0, 0.1) is 0 Å². The summed E-state index contributed by atoms with van der Waals surface area (Å²) >= 11 is 7.00. The molecule has 0 heterocycles. The third-order valence-corrected chi connectivity index (χ3v) is 4.86. The highest BCUT2D eigenvalue weighted by Gasteiger charge is 2.21. The molecule has 0 bridgehead atoms. The van der Waals surface area contributed by atoms with Crippen molar-refractivity contribution < 1.29 is 14.3 Å². The first-order valence-electron chi connectivity index (χ1n) is 7.48. The Morgan fingerprint density at radius 1 is 0.960 bits per heavy atom. The van der Waals surface area contributed by atoms with Gasteiger partial charge in [0, 0.05) is 45.9 Å². The summed E-state index contributed by atoms with van der Waals surface area (Å²) in [5.41, 5.74) is 1.90. The lowest BCUT2D eigenvalue weighted by atomic mass is 9.97. The van der Waals surface area contributed by atoms with Crippen molar-refractivity contribution in [2.45, 2.75) is 0 Å². The summed E-state index contributed by atoms with van der Waals surface area (Å²) in [6, 6.07) is 11.1. The zero-order valence-corrected chi connectivity index (χ0v) is 17.6. The molecule has 0 aromatic heterocycles. The number of rotatable bonds is 6. The number of Topliss-reactive ketones (excluding diaryl/α,β-unsaturated/α-hetero) is 1. The third kappa shape index (κ3) is 4.44. The lowest BCUT2D eigenvalue weighted by molar-refractivity contribution is 0.105. The van der Waals surface area contributed by atoms with Gasteiger partial charge in [0.25, 0.3) is 0 Å². The first-order chi connectivity index (χ1) is 11.9. The van der Waals surface area contributed by atoms with Gasteiger partial charge < -0.3 is 14.4 Å². The molecule has 0 radical (unpaired) electrons. The van der Waals surface area contributed by atoms with Crippen LogP contribution in [-0.4, -0.2) is 39.0 Å². The minimum atomic E-state index is -0.117. The predicted octanol–water partition coefficient (Wildman–Crippen LogP) is 5.01. The maximum Gasteiger partial charge on any atom is 0.196 e. The van der Waals surface area contributed by atoms with Gasteiger partial charge in [-0.15, -0.1) is 0 Å². The summed E-state index contributed by atoms with van der Waals surface area (Å²) in [6.07, 6.45) is 1.81. The van der Waals surface area contributed by atoms with E-state index in [-0.39, 0.29) is 5.78 Å². The number of ether oxygens (including phenoxy) is 2. The molecule has 2 rings (SSSR count). The highest BCUT2D eigenvalue weighted by Crippen LogP contribution is 2.36. The van der Waals surface area contributed by atoms with Crippen LogP contribution in [0.2, 0.25) is 0 Å². The zero-order valence-electron chi connectivity index (χ0n) is 14.5. The SMILES string of the molecule is COc1cc(Br)c(C(=O)/C(=C/N(C)C)c2ccccc2Br)cc1OC. The molecule has 0 spiro atoms. The van der Waals surface area contributed by atoms with Gasteiger partial charge in [-0.05, 0) is 34.1 Å².